The number of carbonyl (C=O) groups is 1. The second-order valence-electron chi connectivity index (χ2n) is 6.62. The highest BCUT2D eigenvalue weighted by molar-refractivity contribution is 7.20. The van der Waals surface area contributed by atoms with Gasteiger partial charge in [-0.1, -0.05) is 19.9 Å². The minimum atomic E-state index is -0.289. The molecule has 0 saturated carbocycles. The largest absolute Gasteiger partial charge is 0.374 e. The summed E-state index contributed by atoms with van der Waals surface area (Å²) in [6.45, 7) is 8.40. The molecule has 1 N–H and O–H groups in total. The summed E-state index contributed by atoms with van der Waals surface area (Å²) in [7, 11) is 0. The van der Waals surface area contributed by atoms with Gasteiger partial charge in [0, 0.05) is 36.3 Å². The molecule has 24 heavy (non-hydrogen) atoms. The first-order valence-electron chi connectivity index (χ1n) is 8.33. The van der Waals surface area contributed by atoms with Crippen LogP contribution in [0.5, 0.6) is 0 Å². The maximum absolute atomic E-state index is 13.7. The highest BCUT2D eigenvalue weighted by atomic mass is 32.1. The van der Waals surface area contributed by atoms with E-state index in [1.54, 1.807) is 12.1 Å². The van der Waals surface area contributed by atoms with E-state index < -0.39 is 0 Å². The van der Waals surface area contributed by atoms with Gasteiger partial charge < -0.3 is 10.1 Å². The van der Waals surface area contributed by atoms with E-state index in [1.165, 1.54) is 17.4 Å². The van der Waals surface area contributed by atoms with Crippen LogP contribution in [0.1, 0.15) is 23.5 Å². The third kappa shape index (κ3) is 4.12. The Morgan fingerprint density at radius 2 is 2.33 bits per heavy atom. The van der Waals surface area contributed by atoms with Crippen molar-refractivity contribution >= 4 is 27.3 Å². The maximum Gasteiger partial charge on any atom is 0.261 e. The number of hydrogen-bond acceptors (Lipinski definition) is 4. The first kappa shape index (κ1) is 17.3. The summed E-state index contributed by atoms with van der Waals surface area (Å²) in [6.07, 6.45) is 0.00700. The van der Waals surface area contributed by atoms with Crippen molar-refractivity contribution in [3.63, 3.8) is 0 Å². The van der Waals surface area contributed by atoms with Gasteiger partial charge in [-0.25, -0.2) is 4.39 Å². The van der Waals surface area contributed by atoms with Crippen molar-refractivity contribution in [1.82, 2.24) is 10.2 Å². The van der Waals surface area contributed by atoms with Crippen LogP contribution in [-0.2, 0) is 4.74 Å². The summed E-state index contributed by atoms with van der Waals surface area (Å²) in [4.78, 5) is 15.2. The SMILES string of the molecule is CC(C)CN1CCOC(CNC(=O)c2cc3c(F)cccc3s2)C1. The molecule has 1 fully saturated rings. The highest BCUT2D eigenvalue weighted by Crippen LogP contribution is 2.27. The molecule has 130 valence electrons. The van der Waals surface area contributed by atoms with Crippen molar-refractivity contribution in [2.24, 2.45) is 5.92 Å². The fourth-order valence-electron chi connectivity index (χ4n) is 3.02. The number of nitrogens with one attached hydrogen (secondary N) is 1. The van der Waals surface area contributed by atoms with Gasteiger partial charge in [-0.15, -0.1) is 11.3 Å². The van der Waals surface area contributed by atoms with Crippen LogP contribution < -0.4 is 5.32 Å². The monoisotopic (exact) mass is 350 g/mol. The smallest absolute Gasteiger partial charge is 0.261 e. The topological polar surface area (TPSA) is 41.6 Å². The van der Waals surface area contributed by atoms with Crippen molar-refractivity contribution in [2.45, 2.75) is 20.0 Å². The lowest BCUT2D eigenvalue weighted by molar-refractivity contribution is -0.0295. The molecule has 6 heteroatoms. The zero-order valence-corrected chi connectivity index (χ0v) is 14.9. The number of amides is 1. The van der Waals surface area contributed by atoms with Crippen LogP contribution in [0.15, 0.2) is 24.3 Å². The lowest BCUT2D eigenvalue weighted by atomic mass is 10.2. The maximum atomic E-state index is 13.7. The first-order valence-corrected chi connectivity index (χ1v) is 9.15. The molecule has 4 nitrogen and oxygen atoms in total. The molecule has 1 amide bonds. The zero-order chi connectivity index (χ0) is 17.1. The zero-order valence-electron chi connectivity index (χ0n) is 14.0. The molecule has 0 bridgehead atoms. The summed E-state index contributed by atoms with van der Waals surface area (Å²) in [5.74, 6) is 0.162. The van der Waals surface area contributed by atoms with E-state index in [-0.39, 0.29) is 17.8 Å². The van der Waals surface area contributed by atoms with Gasteiger partial charge in [-0.05, 0) is 24.1 Å². The molecule has 1 aromatic carbocycles. The summed E-state index contributed by atoms with van der Waals surface area (Å²) in [5, 5.41) is 3.42. The quantitative estimate of drug-likeness (QED) is 0.901. The predicted octanol–water partition coefficient (Wildman–Crippen LogP) is 3.13. The number of morpholine rings is 1. The fraction of sp³-hybridized carbons (Fsp3) is 0.500. The van der Waals surface area contributed by atoms with Crippen LogP contribution in [-0.4, -0.2) is 49.7 Å². The number of carbonyl (C=O) groups excluding carboxylic acids is 1. The Hall–Kier alpha value is -1.50. The van der Waals surface area contributed by atoms with Gasteiger partial charge in [0.05, 0.1) is 17.6 Å². The molecule has 2 heterocycles. The normalized spacial score (nSPS) is 19.1. The second-order valence-corrected chi connectivity index (χ2v) is 7.70. The van der Waals surface area contributed by atoms with Crippen LogP contribution in [0.2, 0.25) is 0 Å². The molecule has 0 radical (unpaired) electrons. The standard InChI is InChI=1S/C18H23FN2O2S/c1-12(2)10-21-6-7-23-13(11-21)9-20-18(22)17-8-14-15(19)4-3-5-16(14)24-17/h3-5,8,12-13H,6-7,9-11H2,1-2H3,(H,20,22). The van der Waals surface area contributed by atoms with Gasteiger partial charge in [0.1, 0.15) is 5.82 Å². The Morgan fingerprint density at radius 3 is 3.08 bits per heavy atom. The molecular weight excluding hydrogens is 327 g/mol. The molecule has 1 saturated heterocycles. The Morgan fingerprint density at radius 1 is 1.50 bits per heavy atom. The van der Waals surface area contributed by atoms with E-state index in [0.29, 0.717) is 29.3 Å². The van der Waals surface area contributed by atoms with E-state index in [1.807, 2.05) is 6.07 Å². The van der Waals surface area contributed by atoms with Gasteiger partial charge >= 0.3 is 0 Å². The number of thiophene rings is 1. The van der Waals surface area contributed by atoms with Crippen molar-refractivity contribution in [3.05, 3.63) is 35.0 Å². The summed E-state index contributed by atoms with van der Waals surface area (Å²) < 4.78 is 20.3. The highest BCUT2D eigenvalue weighted by Gasteiger charge is 2.22. The molecule has 1 aliphatic rings. The van der Waals surface area contributed by atoms with Crippen molar-refractivity contribution < 1.29 is 13.9 Å². The molecule has 0 spiro atoms. The van der Waals surface area contributed by atoms with Gasteiger partial charge in [-0.3, -0.25) is 9.69 Å². The molecule has 1 aromatic heterocycles. The Labute approximate surface area is 145 Å². The third-order valence-corrected chi connectivity index (χ3v) is 5.17. The summed E-state index contributed by atoms with van der Waals surface area (Å²) in [6, 6.07) is 6.52. The summed E-state index contributed by atoms with van der Waals surface area (Å²) >= 11 is 1.31. The first-order chi connectivity index (χ1) is 11.5. The molecule has 2 aromatic rings. The Bertz CT molecular complexity index is 716. The molecular formula is C18H23FN2O2S. The average molecular weight is 350 g/mol. The molecule has 3 rings (SSSR count). The van der Waals surface area contributed by atoms with Crippen LogP contribution in [0.3, 0.4) is 0 Å². The number of ether oxygens (including phenoxy) is 1. The average Bonchev–Trinajstić information content (AvgIpc) is 2.98. The lowest BCUT2D eigenvalue weighted by Gasteiger charge is -2.33. The van der Waals surface area contributed by atoms with Gasteiger partial charge in [0.15, 0.2) is 0 Å². The third-order valence-electron chi connectivity index (χ3n) is 4.07. The summed E-state index contributed by atoms with van der Waals surface area (Å²) in [5.41, 5.74) is 0. The van der Waals surface area contributed by atoms with E-state index in [2.05, 4.69) is 24.1 Å². The van der Waals surface area contributed by atoms with Crippen LogP contribution in [0, 0.1) is 11.7 Å². The predicted molar refractivity (Wildman–Crippen MR) is 95.1 cm³/mol. The number of rotatable bonds is 5. The number of benzene rings is 1. The van der Waals surface area contributed by atoms with Gasteiger partial charge in [-0.2, -0.15) is 0 Å². The Kier molecular flexibility index (Phi) is 5.48. The number of hydrogen-bond donors (Lipinski definition) is 1. The Balaban J connectivity index is 1.57. The van der Waals surface area contributed by atoms with Gasteiger partial charge in [0.2, 0.25) is 0 Å². The number of nitrogens with zero attached hydrogens (tertiary/aromatic N) is 1. The van der Waals surface area contributed by atoms with Crippen LogP contribution in [0.4, 0.5) is 4.39 Å². The molecule has 1 unspecified atom stereocenters. The minimum absolute atomic E-state index is 0.00700. The molecule has 1 aliphatic heterocycles. The van der Waals surface area contributed by atoms with E-state index >= 15 is 0 Å². The number of halogens is 1. The lowest BCUT2D eigenvalue weighted by Crippen LogP contribution is -2.48. The van der Waals surface area contributed by atoms with Crippen molar-refractivity contribution in [3.8, 4) is 0 Å². The van der Waals surface area contributed by atoms with Crippen molar-refractivity contribution in [1.29, 1.82) is 0 Å². The second kappa shape index (κ2) is 7.59. The molecule has 1 atom stereocenters. The van der Waals surface area contributed by atoms with E-state index in [4.69, 9.17) is 4.74 Å². The fourth-order valence-corrected chi connectivity index (χ4v) is 4.01. The van der Waals surface area contributed by atoms with E-state index in [0.717, 1.165) is 24.3 Å². The minimum Gasteiger partial charge on any atom is -0.374 e. The van der Waals surface area contributed by atoms with Crippen LogP contribution in [0.25, 0.3) is 10.1 Å². The number of fused-ring (bicyclic) bond motifs is 1. The molecule has 0 aliphatic carbocycles. The van der Waals surface area contributed by atoms with Gasteiger partial charge in [0.25, 0.3) is 5.91 Å². The van der Waals surface area contributed by atoms with Crippen LogP contribution >= 0.6 is 11.3 Å². The van der Waals surface area contributed by atoms with Crippen molar-refractivity contribution in [2.75, 3.05) is 32.8 Å². The van der Waals surface area contributed by atoms with E-state index in [9.17, 15) is 9.18 Å².